The molecule has 40 heavy (non-hydrogen) atoms. The molecule has 7 nitrogen and oxygen atoms in total. The largest absolute Gasteiger partial charge is 0.493 e. The number of hydrogen-bond donors (Lipinski definition) is 2. The summed E-state index contributed by atoms with van der Waals surface area (Å²) in [4.78, 5) is 28.7. The predicted molar refractivity (Wildman–Crippen MR) is 160 cm³/mol. The smallest absolute Gasteiger partial charge is 0.335 e. The maximum atomic E-state index is 12.0. The molecule has 2 N–H and O–H groups in total. The van der Waals surface area contributed by atoms with Crippen molar-refractivity contribution in [2.24, 2.45) is 4.99 Å². The molecule has 210 valence electrons. The van der Waals surface area contributed by atoms with E-state index in [1.54, 1.807) is 18.2 Å². The molecule has 0 amide bonds. The molecule has 0 atom stereocenters. The first-order chi connectivity index (χ1) is 19.3. The van der Waals surface area contributed by atoms with Gasteiger partial charge in [0.15, 0.2) is 0 Å². The van der Waals surface area contributed by atoms with Gasteiger partial charge in [-0.25, -0.2) is 4.79 Å². The number of hydrogen-bond acceptors (Lipinski definition) is 6. The van der Waals surface area contributed by atoms with Crippen LogP contribution in [0.1, 0.15) is 67.9 Å². The molecule has 7 heteroatoms. The molecule has 0 saturated heterocycles. The molecule has 0 spiro atoms. The Balaban J connectivity index is 1.97. The first-order valence-corrected chi connectivity index (χ1v) is 14.1. The minimum absolute atomic E-state index is 0.165. The second kappa shape index (κ2) is 12.8. The number of aryl methyl sites for hydroxylation is 2. The van der Waals surface area contributed by atoms with Gasteiger partial charge >= 0.3 is 5.97 Å². The summed E-state index contributed by atoms with van der Waals surface area (Å²) in [5.74, 6) is 0.432. The number of carboxylic acids is 1. The van der Waals surface area contributed by atoms with Gasteiger partial charge in [-0.1, -0.05) is 6.92 Å². The van der Waals surface area contributed by atoms with E-state index < -0.39 is 5.97 Å². The Morgan fingerprint density at radius 3 is 2.48 bits per heavy atom. The van der Waals surface area contributed by atoms with Gasteiger partial charge in [-0.3, -0.25) is 9.79 Å². The van der Waals surface area contributed by atoms with Crippen molar-refractivity contribution in [1.82, 2.24) is 0 Å². The summed E-state index contributed by atoms with van der Waals surface area (Å²) in [5, 5.41) is 15.0. The van der Waals surface area contributed by atoms with E-state index in [2.05, 4.69) is 22.4 Å². The summed E-state index contributed by atoms with van der Waals surface area (Å²) in [6.07, 6.45) is 2.46. The number of Topliss-reactive ketones (excluding diaryl/α,β-unsaturated/α-hetero) is 1. The van der Waals surface area contributed by atoms with Crippen molar-refractivity contribution in [2.45, 2.75) is 60.3 Å². The van der Waals surface area contributed by atoms with Crippen LogP contribution in [-0.2, 0) is 4.79 Å². The zero-order chi connectivity index (χ0) is 28.8. The number of carbonyl (C=O) groups is 2. The average Bonchev–Trinajstić information content (AvgIpc) is 2.92. The predicted octanol–water partition coefficient (Wildman–Crippen LogP) is 7.40. The van der Waals surface area contributed by atoms with Gasteiger partial charge in [0.05, 0.1) is 17.5 Å². The summed E-state index contributed by atoms with van der Waals surface area (Å²) in [5.41, 5.74) is 6.21. The molecular formula is C33H38N2O5. The lowest BCUT2D eigenvalue weighted by Gasteiger charge is -2.20. The van der Waals surface area contributed by atoms with Crippen molar-refractivity contribution in [1.29, 1.82) is 0 Å². The van der Waals surface area contributed by atoms with Crippen molar-refractivity contribution in [3.8, 4) is 28.2 Å². The van der Waals surface area contributed by atoms with E-state index in [0.29, 0.717) is 55.1 Å². The van der Waals surface area contributed by atoms with E-state index in [1.807, 2.05) is 46.8 Å². The maximum absolute atomic E-state index is 12.0. The van der Waals surface area contributed by atoms with E-state index in [1.165, 1.54) is 0 Å². The Labute approximate surface area is 235 Å². The summed E-state index contributed by atoms with van der Waals surface area (Å²) in [7, 11) is 0. The zero-order valence-electron chi connectivity index (χ0n) is 24.0. The molecule has 0 fully saturated rings. The van der Waals surface area contributed by atoms with Gasteiger partial charge in [0.2, 0.25) is 0 Å². The number of rotatable bonds is 12. The Morgan fingerprint density at radius 2 is 1.77 bits per heavy atom. The highest BCUT2D eigenvalue weighted by molar-refractivity contribution is 6.05. The van der Waals surface area contributed by atoms with Crippen molar-refractivity contribution < 1.29 is 23.8 Å². The Morgan fingerprint density at radius 1 is 0.975 bits per heavy atom. The Kier molecular flexibility index (Phi) is 9.25. The van der Waals surface area contributed by atoms with Crippen molar-refractivity contribution >= 4 is 28.4 Å². The molecule has 0 saturated carbocycles. The third-order valence-corrected chi connectivity index (χ3v) is 6.96. The van der Waals surface area contributed by atoms with Crippen LogP contribution in [0.5, 0.6) is 5.75 Å². The molecule has 1 heterocycles. The van der Waals surface area contributed by atoms with Crippen molar-refractivity contribution in [2.75, 3.05) is 25.0 Å². The normalized spacial score (nSPS) is 11.8. The molecule has 1 aliphatic carbocycles. The van der Waals surface area contributed by atoms with Crippen molar-refractivity contribution in [3.05, 3.63) is 64.5 Å². The standard InChI is InChI=1S/C33H38N2O5/c1-6-10-23(36)11-9-14-39-29-13-12-22(33(37)38)17-26(29)32-24-15-20(4)27(34-7-2)18-30(24)40-31-19-28(35-8-3)21(5)16-25(31)32/h12-13,15-19,34H,6-11,14H2,1-5H3,(H,37,38). The van der Waals surface area contributed by atoms with Gasteiger partial charge in [-0.15, -0.1) is 0 Å². The van der Waals surface area contributed by atoms with Gasteiger partial charge in [0.25, 0.3) is 0 Å². The van der Waals surface area contributed by atoms with Crippen LogP contribution in [0.15, 0.2) is 51.9 Å². The molecule has 2 aromatic carbocycles. The highest BCUT2D eigenvalue weighted by Crippen LogP contribution is 2.45. The van der Waals surface area contributed by atoms with Crippen LogP contribution in [0, 0.1) is 13.8 Å². The maximum Gasteiger partial charge on any atom is 0.335 e. The molecule has 0 radical (unpaired) electrons. The number of ketones is 1. The zero-order valence-corrected chi connectivity index (χ0v) is 24.0. The van der Waals surface area contributed by atoms with Crippen LogP contribution < -0.4 is 15.4 Å². The van der Waals surface area contributed by atoms with E-state index in [9.17, 15) is 14.7 Å². The minimum atomic E-state index is -1.02. The highest BCUT2D eigenvalue weighted by Gasteiger charge is 2.23. The first kappa shape index (κ1) is 28.9. The highest BCUT2D eigenvalue weighted by atomic mass is 16.5. The lowest BCUT2D eigenvalue weighted by molar-refractivity contribution is -0.119. The van der Waals surface area contributed by atoms with E-state index >= 15 is 0 Å². The molecule has 2 aromatic rings. The van der Waals surface area contributed by atoms with Gasteiger partial charge in [0, 0.05) is 65.8 Å². The third-order valence-electron chi connectivity index (χ3n) is 6.96. The van der Waals surface area contributed by atoms with Crippen LogP contribution in [0.25, 0.3) is 33.4 Å². The Bertz CT molecular complexity index is 1580. The molecule has 1 aliphatic heterocycles. The summed E-state index contributed by atoms with van der Waals surface area (Å²) < 4.78 is 12.7. The molecular weight excluding hydrogens is 504 g/mol. The first-order valence-electron chi connectivity index (χ1n) is 14.1. The number of carbonyl (C=O) groups excluding carboxylic acids is 1. The number of aromatic carboxylic acids is 1. The topological polar surface area (TPSA) is 101 Å². The fraction of sp³-hybridized carbons (Fsp3) is 0.364. The van der Waals surface area contributed by atoms with Gasteiger partial charge in [-0.05, 0) is 82.0 Å². The van der Waals surface area contributed by atoms with E-state index in [0.717, 1.165) is 51.7 Å². The third kappa shape index (κ3) is 6.19. The molecule has 4 rings (SSSR count). The summed E-state index contributed by atoms with van der Waals surface area (Å²) in [6, 6.07) is 13.0. The lowest BCUT2D eigenvalue weighted by atomic mass is 9.90. The fourth-order valence-corrected chi connectivity index (χ4v) is 5.04. The summed E-state index contributed by atoms with van der Waals surface area (Å²) >= 11 is 0. The average molecular weight is 543 g/mol. The number of fused-ring (bicyclic) bond motifs is 2. The SMILES string of the molecule is CCCC(=O)CCCOc1ccc(C(=O)O)cc1-c1c2cc(C)c(=NCC)cc-2oc2cc(NCC)c(C)cc12. The van der Waals surface area contributed by atoms with Crippen LogP contribution in [0.2, 0.25) is 0 Å². The fourth-order valence-electron chi connectivity index (χ4n) is 5.04. The Hall–Kier alpha value is -4.13. The molecule has 0 unspecified atom stereocenters. The molecule has 0 bridgehead atoms. The number of ether oxygens (including phenoxy) is 1. The van der Waals surface area contributed by atoms with Crippen LogP contribution in [0.4, 0.5) is 5.69 Å². The van der Waals surface area contributed by atoms with Gasteiger partial charge < -0.3 is 19.6 Å². The van der Waals surface area contributed by atoms with Crippen LogP contribution in [0.3, 0.4) is 0 Å². The quantitative estimate of drug-likeness (QED) is 0.143. The van der Waals surface area contributed by atoms with Gasteiger partial charge in [-0.2, -0.15) is 0 Å². The molecule has 0 aromatic heterocycles. The number of benzene rings is 3. The lowest BCUT2D eigenvalue weighted by Crippen LogP contribution is -2.09. The molecule has 2 aliphatic rings. The second-order valence-electron chi connectivity index (χ2n) is 10.0. The monoisotopic (exact) mass is 542 g/mol. The van der Waals surface area contributed by atoms with E-state index in [4.69, 9.17) is 9.15 Å². The van der Waals surface area contributed by atoms with Gasteiger partial charge in [0.1, 0.15) is 22.9 Å². The minimum Gasteiger partial charge on any atom is -0.493 e. The van der Waals surface area contributed by atoms with Crippen LogP contribution >= 0.6 is 0 Å². The second-order valence-corrected chi connectivity index (χ2v) is 10.0. The summed E-state index contributed by atoms with van der Waals surface area (Å²) in [6.45, 7) is 11.9. The number of carboxylic acid groups (broad SMARTS) is 1. The number of nitrogens with one attached hydrogen (secondary N) is 1. The van der Waals surface area contributed by atoms with Crippen LogP contribution in [-0.4, -0.2) is 36.6 Å². The van der Waals surface area contributed by atoms with E-state index in [-0.39, 0.29) is 11.3 Å². The van der Waals surface area contributed by atoms with Crippen molar-refractivity contribution in [3.63, 3.8) is 0 Å². The number of anilines is 1. The number of nitrogens with zero attached hydrogens (tertiary/aromatic N) is 1.